The van der Waals surface area contributed by atoms with Crippen molar-refractivity contribution in [3.63, 3.8) is 0 Å². The van der Waals surface area contributed by atoms with Crippen LogP contribution in [0.25, 0.3) is 0 Å². The zero-order valence-electron chi connectivity index (χ0n) is 10.3. The first-order chi connectivity index (χ1) is 9.70. The van der Waals surface area contributed by atoms with Gasteiger partial charge in [-0.3, -0.25) is 0 Å². The van der Waals surface area contributed by atoms with Crippen molar-refractivity contribution in [2.24, 2.45) is 0 Å². The monoisotopic (exact) mass is 312 g/mol. The Hall–Kier alpha value is -1.44. The summed E-state index contributed by atoms with van der Waals surface area (Å²) in [5.41, 5.74) is 0.984. The number of ether oxygens (including phenoxy) is 1. The predicted molar refractivity (Wildman–Crippen MR) is 71.9 cm³/mol. The summed E-state index contributed by atoms with van der Waals surface area (Å²) in [4.78, 5) is 10.4. The van der Waals surface area contributed by atoms with Crippen LogP contribution in [0, 0.1) is 0 Å². The highest BCUT2D eigenvalue weighted by atomic mass is 35.5. The molecule has 0 aromatic carbocycles. The molecule has 0 spiro atoms. The second-order valence-electron chi connectivity index (χ2n) is 4.81. The van der Waals surface area contributed by atoms with Crippen LogP contribution in [0.5, 0.6) is 0 Å². The van der Waals surface area contributed by atoms with Crippen LogP contribution in [0.2, 0.25) is 10.3 Å². The van der Waals surface area contributed by atoms with E-state index in [1.54, 1.807) is 6.20 Å². The topological polar surface area (TPSA) is 69.0 Å². The maximum Gasteiger partial charge on any atom is 0.228 e. The third-order valence-corrected chi connectivity index (χ3v) is 3.97. The lowest BCUT2D eigenvalue weighted by molar-refractivity contribution is -0.00255. The molecule has 2 atom stereocenters. The Labute approximate surface area is 124 Å². The molecule has 2 aromatic heterocycles. The number of fused-ring (bicyclic) bond motifs is 3. The molecule has 0 aliphatic carbocycles. The van der Waals surface area contributed by atoms with Crippen LogP contribution >= 0.6 is 23.2 Å². The molecule has 1 saturated heterocycles. The van der Waals surface area contributed by atoms with Crippen LogP contribution in [0.1, 0.15) is 11.7 Å². The summed E-state index contributed by atoms with van der Waals surface area (Å²) in [7, 11) is 0. The standard InChI is InChI=1S/C11H10Cl2N6O/c12-9-1-10(13)16-11(15-9)18-3-7-8(4-18)20-5-6-2-14-17-19(6)7/h1-2,7-8H,3-5H2. The molecule has 104 valence electrons. The Morgan fingerprint density at radius 3 is 2.80 bits per heavy atom. The van der Waals surface area contributed by atoms with E-state index in [1.165, 1.54) is 6.07 Å². The maximum atomic E-state index is 5.92. The van der Waals surface area contributed by atoms with Gasteiger partial charge in [0.05, 0.1) is 30.6 Å². The van der Waals surface area contributed by atoms with E-state index in [4.69, 9.17) is 27.9 Å². The molecule has 0 N–H and O–H groups in total. The van der Waals surface area contributed by atoms with Crippen molar-refractivity contribution in [2.75, 3.05) is 18.0 Å². The number of aromatic nitrogens is 5. The minimum absolute atomic E-state index is 0.0468. The van der Waals surface area contributed by atoms with E-state index in [9.17, 15) is 0 Å². The fraction of sp³-hybridized carbons (Fsp3) is 0.455. The molecule has 0 amide bonds. The number of rotatable bonds is 1. The highest BCUT2D eigenvalue weighted by Crippen LogP contribution is 2.32. The SMILES string of the molecule is Clc1cc(Cl)nc(N2CC3OCc4cnnn4C3C2)n1. The molecule has 2 unspecified atom stereocenters. The summed E-state index contributed by atoms with van der Waals surface area (Å²) in [5, 5.41) is 8.72. The lowest BCUT2D eigenvalue weighted by atomic mass is 10.2. The van der Waals surface area contributed by atoms with Gasteiger partial charge in [0.2, 0.25) is 5.95 Å². The van der Waals surface area contributed by atoms with E-state index in [1.807, 2.05) is 9.58 Å². The lowest BCUT2D eigenvalue weighted by Crippen LogP contribution is -2.32. The van der Waals surface area contributed by atoms with Gasteiger partial charge < -0.3 is 9.64 Å². The smallest absolute Gasteiger partial charge is 0.228 e. The minimum atomic E-state index is 0.0468. The zero-order valence-corrected chi connectivity index (χ0v) is 11.8. The molecule has 1 fully saturated rings. The Balaban J connectivity index is 1.65. The van der Waals surface area contributed by atoms with Crippen LogP contribution in [0.3, 0.4) is 0 Å². The summed E-state index contributed by atoms with van der Waals surface area (Å²) < 4.78 is 7.75. The summed E-state index contributed by atoms with van der Waals surface area (Å²) in [6.07, 6.45) is 1.77. The van der Waals surface area contributed by atoms with Crippen LogP contribution in [-0.2, 0) is 11.3 Å². The average Bonchev–Trinajstić information content (AvgIpc) is 3.03. The molecule has 0 radical (unpaired) electrons. The lowest BCUT2D eigenvalue weighted by Gasteiger charge is -2.25. The molecule has 20 heavy (non-hydrogen) atoms. The van der Waals surface area contributed by atoms with Crippen LogP contribution < -0.4 is 4.90 Å². The number of anilines is 1. The third kappa shape index (κ3) is 1.93. The first-order valence-corrected chi connectivity index (χ1v) is 6.92. The largest absolute Gasteiger partial charge is 0.368 e. The predicted octanol–water partition coefficient (Wildman–Crippen LogP) is 1.33. The molecule has 9 heteroatoms. The molecule has 7 nitrogen and oxygen atoms in total. The van der Waals surface area contributed by atoms with Gasteiger partial charge in [-0.25, -0.2) is 14.6 Å². The van der Waals surface area contributed by atoms with Crippen LogP contribution in [0.4, 0.5) is 5.95 Å². The zero-order chi connectivity index (χ0) is 13.7. The van der Waals surface area contributed by atoms with Crippen molar-refractivity contribution in [1.82, 2.24) is 25.0 Å². The van der Waals surface area contributed by atoms with Gasteiger partial charge in [-0.05, 0) is 0 Å². The molecule has 0 bridgehead atoms. The number of hydrogen-bond donors (Lipinski definition) is 0. The van der Waals surface area contributed by atoms with Gasteiger partial charge in [-0.15, -0.1) is 5.10 Å². The first kappa shape index (κ1) is 12.3. The summed E-state index contributed by atoms with van der Waals surface area (Å²) in [6, 6.07) is 1.63. The maximum absolute atomic E-state index is 5.92. The fourth-order valence-electron chi connectivity index (χ4n) is 2.68. The summed E-state index contributed by atoms with van der Waals surface area (Å²) in [6.45, 7) is 1.90. The molecular formula is C11H10Cl2N6O. The highest BCUT2D eigenvalue weighted by Gasteiger charge is 2.40. The van der Waals surface area contributed by atoms with Crippen molar-refractivity contribution in [2.45, 2.75) is 18.8 Å². The van der Waals surface area contributed by atoms with E-state index in [0.29, 0.717) is 36.0 Å². The highest BCUT2D eigenvalue weighted by molar-refractivity contribution is 6.33. The van der Waals surface area contributed by atoms with E-state index in [0.717, 1.165) is 5.69 Å². The first-order valence-electron chi connectivity index (χ1n) is 6.16. The normalized spacial score (nSPS) is 24.6. The number of hydrogen-bond acceptors (Lipinski definition) is 6. The van der Waals surface area contributed by atoms with E-state index in [2.05, 4.69) is 20.3 Å². The summed E-state index contributed by atoms with van der Waals surface area (Å²) in [5.74, 6) is 0.516. The summed E-state index contributed by atoms with van der Waals surface area (Å²) >= 11 is 11.8. The van der Waals surface area contributed by atoms with Crippen molar-refractivity contribution in [1.29, 1.82) is 0 Å². The Kier molecular flexibility index (Phi) is 2.80. The Morgan fingerprint density at radius 1 is 1.20 bits per heavy atom. The van der Waals surface area contributed by atoms with Crippen LogP contribution in [0.15, 0.2) is 12.3 Å². The number of nitrogens with zero attached hydrogens (tertiary/aromatic N) is 6. The van der Waals surface area contributed by atoms with Crippen molar-refractivity contribution in [3.8, 4) is 0 Å². The van der Waals surface area contributed by atoms with Gasteiger partial charge in [0.15, 0.2) is 0 Å². The van der Waals surface area contributed by atoms with Gasteiger partial charge >= 0.3 is 0 Å². The molecule has 0 saturated carbocycles. The van der Waals surface area contributed by atoms with Gasteiger partial charge in [0, 0.05) is 19.2 Å². The van der Waals surface area contributed by atoms with E-state index in [-0.39, 0.29) is 12.1 Å². The molecule has 2 aliphatic heterocycles. The minimum Gasteiger partial charge on any atom is -0.368 e. The second kappa shape index (κ2) is 4.54. The van der Waals surface area contributed by atoms with Crippen molar-refractivity contribution in [3.05, 3.63) is 28.3 Å². The third-order valence-electron chi connectivity index (χ3n) is 3.58. The van der Waals surface area contributed by atoms with Gasteiger partial charge in [-0.2, -0.15) is 0 Å². The van der Waals surface area contributed by atoms with Crippen molar-refractivity contribution >= 4 is 29.2 Å². The quantitative estimate of drug-likeness (QED) is 0.740. The number of halogens is 2. The van der Waals surface area contributed by atoms with E-state index < -0.39 is 0 Å². The molecule has 4 heterocycles. The fourth-order valence-corrected chi connectivity index (χ4v) is 3.09. The van der Waals surface area contributed by atoms with Gasteiger partial charge in [-0.1, -0.05) is 28.4 Å². The Bertz CT molecular complexity index is 642. The van der Waals surface area contributed by atoms with Crippen molar-refractivity contribution < 1.29 is 4.74 Å². The molecule has 2 aromatic rings. The molecular weight excluding hydrogens is 303 g/mol. The molecule has 4 rings (SSSR count). The average molecular weight is 313 g/mol. The van der Waals surface area contributed by atoms with Gasteiger partial charge in [0.25, 0.3) is 0 Å². The second-order valence-corrected chi connectivity index (χ2v) is 5.58. The Morgan fingerprint density at radius 2 is 2.00 bits per heavy atom. The van der Waals surface area contributed by atoms with Crippen LogP contribution in [-0.4, -0.2) is 44.2 Å². The van der Waals surface area contributed by atoms with E-state index >= 15 is 0 Å². The molecule has 2 aliphatic rings. The van der Waals surface area contributed by atoms with Gasteiger partial charge in [0.1, 0.15) is 10.3 Å².